The zero-order chi connectivity index (χ0) is 21.1. The highest BCUT2D eigenvalue weighted by molar-refractivity contribution is 6.15. The molecule has 0 unspecified atom stereocenters. The Hall–Kier alpha value is -4.65. The van der Waals surface area contributed by atoms with E-state index in [0.717, 1.165) is 55.5 Å². The number of aromatic nitrogens is 7. The van der Waals surface area contributed by atoms with Crippen molar-refractivity contribution in [2.45, 2.75) is 0 Å². The third-order valence-electron chi connectivity index (χ3n) is 5.86. The first-order valence-corrected chi connectivity index (χ1v) is 10.3. The molecule has 0 spiro atoms. The SMILES string of the molecule is c1ccc2c(c1)c1nc3c4ccccc4n(-c4ccncn4)c3cc1n2-c1ccncn1. The molecule has 0 saturated carbocycles. The maximum atomic E-state index is 5.20. The fraction of sp³-hybridized carbons (Fsp3) is 0. The molecule has 7 heteroatoms. The molecule has 0 amide bonds. The van der Waals surface area contributed by atoms with Gasteiger partial charge in [-0.25, -0.2) is 24.9 Å². The van der Waals surface area contributed by atoms with Crippen molar-refractivity contribution in [3.05, 3.63) is 91.8 Å². The number of nitrogens with zero attached hydrogens (tertiary/aromatic N) is 7. The molecule has 150 valence electrons. The predicted molar refractivity (Wildman–Crippen MR) is 124 cm³/mol. The molecule has 0 aliphatic rings. The van der Waals surface area contributed by atoms with Crippen LogP contribution in [-0.4, -0.2) is 34.1 Å². The van der Waals surface area contributed by atoms with Gasteiger partial charge in [-0.3, -0.25) is 9.13 Å². The smallest absolute Gasteiger partial charge is 0.141 e. The van der Waals surface area contributed by atoms with Gasteiger partial charge in [0, 0.05) is 23.2 Å². The van der Waals surface area contributed by atoms with Crippen molar-refractivity contribution < 1.29 is 0 Å². The van der Waals surface area contributed by atoms with Gasteiger partial charge in [-0.15, -0.1) is 0 Å². The van der Waals surface area contributed by atoms with Crippen LogP contribution in [0.4, 0.5) is 0 Å². The van der Waals surface area contributed by atoms with Crippen LogP contribution in [-0.2, 0) is 0 Å². The summed E-state index contributed by atoms with van der Waals surface area (Å²) in [5, 5.41) is 2.17. The van der Waals surface area contributed by atoms with Gasteiger partial charge in [-0.1, -0.05) is 36.4 Å². The van der Waals surface area contributed by atoms with Gasteiger partial charge in [0.15, 0.2) is 0 Å². The van der Waals surface area contributed by atoms with Gasteiger partial charge in [-0.2, -0.15) is 0 Å². The van der Waals surface area contributed by atoms with Crippen molar-refractivity contribution in [3.63, 3.8) is 0 Å². The van der Waals surface area contributed by atoms with Crippen LogP contribution < -0.4 is 0 Å². The van der Waals surface area contributed by atoms with E-state index in [-0.39, 0.29) is 0 Å². The number of benzene rings is 2. The first-order chi connectivity index (χ1) is 15.9. The van der Waals surface area contributed by atoms with E-state index < -0.39 is 0 Å². The molecule has 0 bridgehead atoms. The zero-order valence-electron chi connectivity index (χ0n) is 16.8. The lowest BCUT2D eigenvalue weighted by Gasteiger charge is -2.07. The highest BCUT2D eigenvalue weighted by Crippen LogP contribution is 2.36. The van der Waals surface area contributed by atoms with Crippen LogP contribution in [0.25, 0.3) is 55.5 Å². The standard InChI is InChI=1S/C25H15N7/c1-3-7-18-16(5-1)24-20(31(18)22-9-11-26-14-28-22)13-21-25(30-24)17-6-2-4-8-19(17)32(21)23-10-12-27-15-29-23/h1-15H. The van der Waals surface area contributed by atoms with Crippen LogP contribution in [0.1, 0.15) is 0 Å². The number of rotatable bonds is 2. The van der Waals surface area contributed by atoms with E-state index in [1.165, 1.54) is 0 Å². The second-order valence-electron chi connectivity index (χ2n) is 7.56. The Morgan fingerprint density at radius 3 is 1.50 bits per heavy atom. The third-order valence-corrected chi connectivity index (χ3v) is 5.86. The lowest BCUT2D eigenvalue weighted by atomic mass is 10.2. The minimum Gasteiger partial charge on any atom is -0.292 e. The largest absolute Gasteiger partial charge is 0.292 e. The van der Waals surface area contributed by atoms with E-state index >= 15 is 0 Å². The zero-order valence-corrected chi connectivity index (χ0v) is 16.8. The molecular formula is C25H15N7. The molecule has 7 nitrogen and oxygen atoms in total. The highest BCUT2D eigenvalue weighted by atomic mass is 15.1. The number of pyridine rings is 1. The van der Waals surface area contributed by atoms with Crippen molar-refractivity contribution in [3.8, 4) is 11.6 Å². The molecule has 0 N–H and O–H groups in total. The van der Waals surface area contributed by atoms with Gasteiger partial charge in [0.25, 0.3) is 0 Å². The first-order valence-electron chi connectivity index (χ1n) is 10.3. The van der Waals surface area contributed by atoms with Crippen LogP contribution >= 0.6 is 0 Å². The summed E-state index contributed by atoms with van der Waals surface area (Å²) in [4.78, 5) is 22.4. The van der Waals surface area contributed by atoms with Crippen LogP contribution in [0.3, 0.4) is 0 Å². The van der Waals surface area contributed by atoms with Crippen LogP contribution in [0.5, 0.6) is 0 Å². The van der Waals surface area contributed by atoms with Crippen molar-refractivity contribution in [1.82, 2.24) is 34.1 Å². The molecule has 0 aliphatic carbocycles. The Labute approximate surface area is 181 Å². The molecule has 0 fully saturated rings. The summed E-state index contributed by atoms with van der Waals surface area (Å²) in [6.07, 6.45) is 6.65. The molecule has 0 radical (unpaired) electrons. The van der Waals surface area contributed by atoms with Gasteiger partial charge >= 0.3 is 0 Å². The van der Waals surface area contributed by atoms with Crippen molar-refractivity contribution in [2.75, 3.05) is 0 Å². The normalized spacial score (nSPS) is 11.8. The van der Waals surface area contributed by atoms with E-state index in [1.807, 2.05) is 36.4 Å². The van der Waals surface area contributed by atoms with Crippen LogP contribution in [0.15, 0.2) is 91.8 Å². The molecular weight excluding hydrogens is 398 g/mol. The number of fused-ring (bicyclic) bond motifs is 6. The Morgan fingerprint density at radius 1 is 0.531 bits per heavy atom. The van der Waals surface area contributed by atoms with Crippen LogP contribution in [0, 0.1) is 0 Å². The molecule has 7 aromatic rings. The molecule has 7 rings (SSSR count). The summed E-state index contributed by atoms with van der Waals surface area (Å²) in [7, 11) is 0. The summed E-state index contributed by atoms with van der Waals surface area (Å²) in [5.41, 5.74) is 5.96. The van der Waals surface area contributed by atoms with E-state index in [2.05, 4.69) is 59.4 Å². The Kier molecular flexibility index (Phi) is 3.43. The molecule has 0 saturated heterocycles. The van der Waals surface area contributed by atoms with Gasteiger partial charge in [0.1, 0.15) is 24.3 Å². The summed E-state index contributed by atoms with van der Waals surface area (Å²) in [6.45, 7) is 0. The van der Waals surface area contributed by atoms with Crippen molar-refractivity contribution in [2.24, 2.45) is 0 Å². The molecule has 0 aliphatic heterocycles. The number of para-hydroxylation sites is 2. The maximum absolute atomic E-state index is 5.20. The second kappa shape index (κ2) is 6.42. The molecule has 32 heavy (non-hydrogen) atoms. The lowest BCUT2D eigenvalue weighted by molar-refractivity contribution is 1.03. The van der Waals surface area contributed by atoms with Gasteiger partial charge in [0.2, 0.25) is 0 Å². The van der Waals surface area contributed by atoms with Crippen molar-refractivity contribution >= 4 is 43.9 Å². The molecule has 0 atom stereocenters. The van der Waals surface area contributed by atoms with Gasteiger partial charge in [0.05, 0.1) is 33.1 Å². The summed E-state index contributed by atoms with van der Waals surface area (Å²) in [5.74, 6) is 1.61. The summed E-state index contributed by atoms with van der Waals surface area (Å²) in [6, 6.07) is 22.6. The highest BCUT2D eigenvalue weighted by Gasteiger charge is 2.19. The fourth-order valence-corrected chi connectivity index (χ4v) is 4.55. The molecule has 5 aromatic heterocycles. The average molecular weight is 413 g/mol. The van der Waals surface area contributed by atoms with Crippen molar-refractivity contribution in [1.29, 1.82) is 0 Å². The Balaban J connectivity index is 1.71. The first kappa shape index (κ1) is 17.1. The van der Waals surface area contributed by atoms with E-state index in [1.54, 1.807) is 25.0 Å². The third kappa shape index (κ3) is 2.27. The fourth-order valence-electron chi connectivity index (χ4n) is 4.55. The van der Waals surface area contributed by atoms with E-state index in [9.17, 15) is 0 Å². The summed E-state index contributed by atoms with van der Waals surface area (Å²) < 4.78 is 4.28. The van der Waals surface area contributed by atoms with E-state index in [0.29, 0.717) is 0 Å². The Morgan fingerprint density at radius 2 is 1.03 bits per heavy atom. The quantitative estimate of drug-likeness (QED) is 0.405. The average Bonchev–Trinajstić information content (AvgIpc) is 3.36. The second-order valence-corrected chi connectivity index (χ2v) is 7.56. The number of hydrogen-bond donors (Lipinski definition) is 0. The Bertz CT molecular complexity index is 1640. The van der Waals surface area contributed by atoms with E-state index in [4.69, 9.17) is 4.98 Å². The number of hydrogen-bond acceptors (Lipinski definition) is 5. The van der Waals surface area contributed by atoms with Crippen LogP contribution in [0.2, 0.25) is 0 Å². The van der Waals surface area contributed by atoms with Gasteiger partial charge < -0.3 is 0 Å². The topological polar surface area (TPSA) is 74.3 Å². The van der Waals surface area contributed by atoms with Gasteiger partial charge in [-0.05, 0) is 30.3 Å². The maximum Gasteiger partial charge on any atom is 0.141 e. The minimum absolute atomic E-state index is 0.803. The predicted octanol–water partition coefficient (Wildman–Crippen LogP) is 4.86. The molecule has 5 heterocycles. The molecule has 2 aromatic carbocycles. The minimum atomic E-state index is 0.803. The lowest BCUT2D eigenvalue weighted by Crippen LogP contribution is -1.99. The monoisotopic (exact) mass is 413 g/mol. The summed E-state index contributed by atoms with van der Waals surface area (Å²) >= 11 is 0.